The van der Waals surface area contributed by atoms with Crippen LogP contribution in [0.1, 0.15) is 5.56 Å². The fourth-order valence-electron chi connectivity index (χ4n) is 2.71. The van der Waals surface area contributed by atoms with Gasteiger partial charge in [-0.3, -0.25) is 4.84 Å². The van der Waals surface area contributed by atoms with Crippen molar-refractivity contribution in [2.75, 3.05) is 0 Å². The van der Waals surface area contributed by atoms with E-state index in [0.717, 1.165) is 23.6 Å². The second kappa shape index (κ2) is 3.80. The van der Waals surface area contributed by atoms with Crippen molar-refractivity contribution in [1.29, 1.82) is 0 Å². The van der Waals surface area contributed by atoms with Crippen LogP contribution in [0.25, 0.3) is 0 Å². The molecule has 0 bridgehead atoms. The number of hydrogen-bond acceptors (Lipinski definition) is 2. The number of rotatable bonds is 2. The molecule has 0 amide bonds. The third-order valence-corrected chi connectivity index (χ3v) is 3.59. The van der Waals surface area contributed by atoms with Crippen molar-refractivity contribution < 1.29 is 4.84 Å². The van der Waals surface area contributed by atoms with Crippen LogP contribution < -0.4 is 9.48 Å². The average molecular weight is 249 g/mol. The van der Waals surface area contributed by atoms with Gasteiger partial charge in [0.15, 0.2) is 17.1 Å². The van der Waals surface area contributed by atoms with Gasteiger partial charge in [-0.2, -0.15) is 0 Å². The first-order valence-corrected chi connectivity index (χ1v) is 6.34. The standard InChI is InChI=1S/C16H13N2O/c1-2-7-15(8-3-1)19-18-12-17-11-14(18)10-13-6-4-5-9-16(13)18/h1-9,11-12H,10H2/q+1. The number of benzene rings is 2. The van der Waals surface area contributed by atoms with E-state index in [-0.39, 0.29) is 4.65 Å². The second-order valence-corrected chi connectivity index (χ2v) is 4.75. The fraction of sp³-hybridized carbons (Fsp3) is 0.0625. The summed E-state index contributed by atoms with van der Waals surface area (Å²) in [6, 6.07) is 18.3. The number of hydrogen-bond donors (Lipinski definition) is 0. The van der Waals surface area contributed by atoms with E-state index in [1.165, 1.54) is 5.56 Å². The van der Waals surface area contributed by atoms with Crippen LogP contribution in [0.3, 0.4) is 0 Å². The van der Waals surface area contributed by atoms with Crippen molar-refractivity contribution >= 4 is 12.0 Å². The van der Waals surface area contributed by atoms with Crippen LogP contribution in [-0.2, 0) is 6.42 Å². The largest absolute Gasteiger partial charge is 0.298 e. The van der Waals surface area contributed by atoms with Gasteiger partial charge in [0.1, 0.15) is 0 Å². The molecule has 0 spiro atoms. The maximum atomic E-state index is 6.23. The van der Waals surface area contributed by atoms with E-state index in [1.54, 1.807) is 0 Å². The molecule has 0 saturated carbocycles. The molecule has 2 heterocycles. The molecule has 2 aromatic rings. The lowest BCUT2D eigenvalue weighted by atomic mass is 10.1. The van der Waals surface area contributed by atoms with Crippen molar-refractivity contribution in [3.05, 3.63) is 72.1 Å². The first kappa shape index (κ1) is 10.5. The predicted octanol–water partition coefficient (Wildman–Crippen LogP) is 3.43. The molecule has 0 aliphatic carbocycles. The third-order valence-electron chi connectivity index (χ3n) is 3.59. The molecule has 1 atom stereocenters. The molecule has 1 unspecified atom stereocenters. The number of quaternary nitrogens is 1. The molecule has 19 heavy (non-hydrogen) atoms. The summed E-state index contributed by atoms with van der Waals surface area (Å²) in [5.41, 5.74) is 3.61. The highest BCUT2D eigenvalue weighted by molar-refractivity contribution is 5.83. The number of hydroxylamine groups is 2. The molecule has 0 N–H and O–H groups in total. The van der Waals surface area contributed by atoms with E-state index in [4.69, 9.17) is 4.84 Å². The van der Waals surface area contributed by atoms with Gasteiger partial charge in [-0.05, 0) is 16.8 Å². The molecule has 3 nitrogen and oxygen atoms in total. The Morgan fingerprint density at radius 3 is 2.63 bits per heavy atom. The number of aliphatic imine (C=N–C) groups is 1. The average Bonchev–Trinajstić information content (AvgIpc) is 2.96. The SMILES string of the molecule is C1=NC=C2Cc3ccccc3[N+]12Oc1ccccc1. The molecule has 0 aromatic heterocycles. The van der Waals surface area contributed by atoms with Gasteiger partial charge in [-0.25, -0.2) is 4.99 Å². The number of nitrogens with zero attached hydrogens (tertiary/aromatic N) is 2. The minimum absolute atomic E-state index is 0.278. The molecule has 0 saturated heterocycles. The highest BCUT2D eigenvalue weighted by Crippen LogP contribution is 2.42. The Labute approximate surface area is 111 Å². The second-order valence-electron chi connectivity index (χ2n) is 4.75. The molecule has 2 aromatic carbocycles. The van der Waals surface area contributed by atoms with Crippen molar-refractivity contribution in [2.45, 2.75) is 6.42 Å². The molecule has 3 heteroatoms. The van der Waals surface area contributed by atoms with E-state index < -0.39 is 0 Å². The number of fused-ring (bicyclic) bond motifs is 3. The Morgan fingerprint density at radius 2 is 1.74 bits per heavy atom. The van der Waals surface area contributed by atoms with Crippen LogP contribution in [-0.4, -0.2) is 6.34 Å². The first-order valence-electron chi connectivity index (χ1n) is 6.34. The van der Waals surface area contributed by atoms with Crippen molar-refractivity contribution in [3.63, 3.8) is 0 Å². The van der Waals surface area contributed by atoms with E-state index in [2.05, 4.69) is 23.2 Å². The van der Waals surface area contributed by atoms with E-state index in [1.807, 2.05) is 48.9 Å². The summed E-state index contributed by atoms with van der Waals surface area (Å²) in [5.74, 6) is 0.846. The highest BCUT2D eigenvalue weighted by Gasteiger charge is 2.48. The Hall–Kier alpha value is -2.39. The molecule has 2 aliphatic heterocycles. The summed E-state index contributed by atoms with van der Waals surface area (Å²) in [5, 5.41) is 0. The quantitative estimate of drug-likeness (QED) is 0.747. The molecular formula is C16H13N2O+. The van der Waals surface area contributed by atoms with E-state index in [0.29, 0.717) is 0 Å². The summed E-state index contributed by atoms with van der Waals surface area (Å²) < 4.78 is 0.278. The predicted molar refractivity (Wildman–Crippen MR) is 75.6 cm³/mol. The van der Waals surface area contributed by atoms with Gasteiger partial charge in [0.2, 0.25) is 6.34 Å². The minimum Gasteiger partial charge on any atom is -0.298 e. The summed E-state index contributed by atoms with van der Waals surface area (Å²) in [6.45, 7) is 0. The Morgan fingerprint density at radius 1 is 0.947 bits per heavy atom. The number of allylic oxidation sites excluding steroid dienone is 1. The van der Waals surface area contributed by atoms with Gasteiger partial charge >= 0.3 is 0 Å². The lowest BCUT2D eigenvalue weighted by Crippen LogP contribution is -2.46. The van der Waals surface area contributed by atoms with Crippen LogP contribution in [0.15, 0.2) is 71.5 Å². The van der Waals surface area contributed by atoms with Crippen LogP contribution in [0.2, 0.25) is 0 Å². The van der Waals surface area contributed by atoms with Crippen LogP contribution >= 0.6 is 0 Å². The Kier molecular flexibility index (Phi) is 2.11. The van der Waals surface area contributed by atoms with Crippen LogP contribution in [0.4, 0.5) is 5.69 Å². The molecule has 0 radical (unpaired) electrons. The summed E-state index contributed by atoms with van der Waals surface area (Å²) in [7, 11) is 0. The third kappa shape index (κ3) is 1.45. The molecule has 0 fully saturated rings. The summed E-state index contributed by atoms with van der Waals surface area (Å²) in [6.07, 6.45) is 4.65. The Balaban J connectivity index is 1.84. The van der Waals surface area contributed by atoms with Crippen molar-refractivity contribution in [2.24, 2.45) is 4.99 Å². The van der Waals surface area contributed by atoms with Gasteiger partial charge in [0, 0.05) is 11.6 Å². The van der Waals surface area contributed by atoms with Gasteiger partial charge in [0.05, 0.1) is 12.6 Å². The zero-order chi connectivity index (χ0) is 12.7. The maximum Gasteiger partial charge on any atom is 0.243 e. The van der Waals surface area contributed by atoms with E-state index in [9.17, 15) is 0 Å². The smallest absolute Gasteiger partial charge is 0.243 e. The van der Waals surface area contributed by atoms with Crippen LogP contribution in [0, 0.1) is 0 Å². The highest BCUT2D eigenvalue weighted by atomic mass is 16.7. The van der Waals surface area contributed by atoms with Gasteiger partial charge in [-0.1, -0.05) is 36.4 Å². The zero-order valence-corrected chi connectivity index (χ0v) is 10.4. The monoisotopic (exact) mass is 249 g/mol. The summed E-state index contributed by atoms with van der Waals surface area (Å²) in [4.78, 5) is 10.5. The fourth-order valence-corrected chi connectivity index (χ4v) is 2.71. The summed E-state index contributed by atoms with van der Waals surface area (Å²) >= 11 is 0. The lowest BCUT2D eigenvalue weighted by Gasteiger charge is -2.24. The molecule has 92 valence electrons. The molecule has 4 rings (SSSR count). The zero-order valence-electron chi connectivity index (χ0n) is 10.4. The van der Waals surface area contributed by atoms with Crippen molar-refractivity contribution in [3.8, 4) is 5.75 Å². The molecular weight excluding hydrogens is 236 g/mol. The van der Waals surface area contributed by atoms with Crippen LogP contribution in [0.5, 0.6) is 5.75 Å². The lowest BCUT2D eigenvalue weighted by molar-refractivity contribution is 0.0762. The molecule has 2 aliphatic rings. The van der Waals surface area contributed by atoms with Gasteiger partial charge < -0.3 is 0 Å². The maximum absolute atomic E-state index is 6.23. The topological polar surface area (TPSA) is 21.6 Å². The minimum atomic E-state index is 0.278. The van der Waals surface area contributed by atoms with Gasteiger partial charge in [-0.15, -0.1) is 0 Å². The van der Waals surface area contributed by atoms with Crippen molar-refractivity contribution in [1.82, 2.24) is 4.65 Å². The number of para-hydroxylation sites is 2. The first-order chi connectivity index (χ1) is 9.38. The normalized spacial score (nSPS) is 22.8. The Bertz CT molecular complexity index is 691. The van der Waals surface area contributed by atoms with E-state index >= 15 is 0 Å². The van der Waals surface area contributed by atoms with Gasteiger partial charge in [0.25, 0.3) is 0 Å².